The second kappa shape index (κ2) is 16.7. The molecule has 0 bridgehead atoms. The summed E-state index contributed by atoms with van der Waals surface area (Å²) in [5, 5.41) is 10.5. The van der Waals surface area contributed by atoms with Crippen LogP contribution in [0.15, 0.2) is 108 Å². The van der Waals surface area contributed by atoms with Crippen LogP contribution in [0.5, 0.6) is 0 Å². The number of aliphatic hydroxyl groups is 1. The molecule has 0 spiro atoms. The first-order chi connectivity index (χ1) is 32.5. The monoisotopic (exact) mass is 935 g/mol. The molecule has 0 aromatic rings. The van der Waals surface area contributed by atoms with Crippen LogP contribution in [-0.4, -0.2) is 46.4 Å². The van der Waals surface area contributed by atoms with Crippen LogP contribution in [0.2, 0.25) is 0 Å². The van der Waals surface area contributed by atoms with Crippen molar-refractivity contribution in [2.75, 3.05) is 0 Å². The zero-order valence-corrected chi connectivity index (χ0v) is 42.7. The van der Waals surface area contributed by atoms with Gasteiger partial charge in [-0.05, 0) is 202 Å². The van der Waals surface area contributed by atoms with Crippen molar-refractivity contribution in [3.63, 3.8) is 0 Å². The highest BCUT2D eigenvalue weighted by molar-refractivity contribution is 6.03. The Balaban J connectivity index is 0.000000121. The Morgan fingerprint density at radius 1 is 0.536 bits per heavy atom. The van der Waals surface area contributed by atoms with Gasteiger partial charge in [-0.1, -0.05) is 96.2 Å². The quantitative estimate of drug-likeness (QED) is 0.260. The smallest absolute Gasteiger partial charge is 0.302 e. The topological polar surface area (TPSA) is 115 Å². The summed E-state index contributed by atoms with van der Waals surface area (Å²) in [5.41, 5.74) is 6.74. The molecule has 9 unspecified atom stereocenters. The van der Waals surface area contributed by atoms with E-state index in [0.29, 0.717) is 59.0 Å². The summed E-state index contributed by atoms with van der Waals surface area (Å²) in [6.07, 6.45) is 32.4. The second-order valence-electron chi connectivity index (χ2n) is 25.6. The molecule has 69 heavy (non-hydrogen) atoms. The Morgan fingerprint density at radius 3 is 1.41 bits per heavy atom. The van der Waals surface area contributed by atoms with Crippen LogP contribution in [0, 0.1) is 85.8 Å². The molecule has 0 saturated heterocycles. The normalized spacial score (nSPS) is 47.4. The maximum absolute atomic E-state index is 12.4. The lowest BCUT2D eigenvalue weighted by Gasteiger charge is -2.57. The molecule has 17 atom stereocenters. The second-order valence-corrected chi connectivity index (χ2v) is 25.6. The lowest BCUT2D eigenvalue weighted by molar-refractivity contribution is -0.156. The van der Waals surface area contributed by atoms with Gasteiger partial charge in [0.05, 0.1) is 6.10 Å². The van der Waals surface area contributed by atoms with Crippen molar-refractivity contribution in [3.8, 4) is 0 Å². The van der Waals surface area contributed by atoms with Gasteiger partial charge in [0.1, 0.15) is 11.9 Å². The largest absolute Gasteiger partial charge is 0.462 e. The van der Waals surface area contributed by atoms with E-state index in [1.165, 1.54) is 12.5 Å². The average Bonchev–Trinajstić information content (AvgIpc) is 3.91. The van der Waals surface area contributed by atoms with Crippen LogP contribution >= 0.6 is 0 Å². The molecular formula is C62H78O7. The predicted octanol–water partition coefficient (Wildman–Crippen LogP) is 12.2. The molecule has 0 heterocycles. The molecule has 0 radical (unpaired) electrons. The number of carbonyl (C=O) groups is 5. The summed E-state index contributed by atoms with van der Waals surface area (Å²) in [4.78, 5) is 59.4. The lowest BCUT2D eigenvalue weighted by atomic mass is 9.47. The minimum Gasteiger partial charge on any atom is -0.462 e. The molecular weight excluding hydrogens is 857 g/mol. The summed E-state index contributed by atoms with van der Waals surface area (Å²) in [6.45, 7) is 28.1. The van der Waals surface area contributed by atoms with E-state index in [4.69, 9.17) is 4.74 Å². The number of ether oxygens (including phenoxy) is 1. The first-order valence-electron chi connectivity index (χ1n) is 26.8. The van der Waals surface area contributed by atoms with E-state index in [0.717, 1.165) is 124 Å². The first kappa shape index (κ1) is 48.4. The standard InChI is InChI=1S/C22H28O3.C20H26O2.C20H24O2/c1-13-11-16-17-5-6-20(25-14(2)23)22(17,4)10-8-18(16)21(3)9-7-15(24)12-19(13)21;2*1-12-10-14-15-4-5-18(22)20(15,3)9-7-16(14)19(2)8-6-13(21)11-17(12)19/h7,9,12,16-18,20H,1,5-6,8,10-11H2,2-4H3;6,8,11,14-16,18,22H,1,4-5,7,9-10H2,2-3H3;6,8,11,14-16H,1,4-5,7,9-10H2,2-3H3/t16?,17?,18?,20-,21+,22-;14?,15?,16?,18-,19+,20-;14?,15?,16?,19-,20+/m001/s1. The maximum Gasteiger partial charge on any atom is 0.302 e. The van der Waals surface area contributed by atoms with Crippen molar-refractivity contribution < 1.29 is 33.8 Å². The van der Waals surface area contributed by atoms with Crippen LogP contribution in [-0.2, 0) is 28.7 Å². The van der Waals surface area contributed by atoms with Gasteiger partial charge in [0.2, 0.25) is 0 Å². The number of rotatable bonds is 1. The fourth-order valence-corrected chi connectivity index (χ4v) is 18.7. The number of fused-ring (bicyclic) bond motifs is 15. The highest BCUT2D eigenvalue weighted by Crippen LogP contribution is 2.68. The van der Waals surface area contributed by atoms with Crippen LogP contribution in [0.4, 0.5) is 0 Å². The molecule has 12 aliphatic rings. The Bertz CT molecular complexity index is 2530. The Kier molecular flexibility index (Phi) is 11.7. The van der Waals surface area contributed by atoms with Gasteiger partial charge >= 0.3 is 5.97 Å². The molecule has 12 aliphatic carbocycles. The van der Waals surface area contributed by atoms with Gasteiger partial charge in [-0.3, -0.25) is 24.0 Å². The van der Waals surface area contributed by atoms with Gasteiger partial charge in [0.15, 0.2) is 17.3 Å². The third-order valence-corrected chi connectivity index (χ3v) is 22.5. The first-order valence-corrected chi connectivity index (χ1v) is 26.8. The van der Waals surface area contributed by atoms with Gasteiger partial charge in [0, 0.05) is 40.4 Å². The molecule has 9 fully saturated rings. The lowest BCUT2D eigenvalue weighted by Crippen LogP contribution is -2.51. The summed E-state index contributed by atoms with van der Waals surface area (Å²) in [5.74, 6) is 5.62. The molecule has 12 rings (SSSR count). The molecule has 7 nitrogen and oxygen atoms in total. The van der Waals surface area contributed by atoms with Crippen molar-refractivity contribution in [2.45, 2.75) is 157 Å². The van der Waals surface area contributed by atoms with E-state index >= 15 is 0 Å². The summed E-state index contributed by atoms with van der Waals surface area (Å²) in [6, 6.07) is 0. The molecule has 0 aromatic heterocycles. The number of hydrogen-bond acceptors (Lipinski definition) is 7. The van der Waals surface area contributed by atoms with Crippen molar-refractivity contribution >= 4 is 29.1 Å². The van der Waals surface area contributed by atoms with E-state index in [2.05, 4.69) is 79.5 Å². The highest BCUT2D eigenvalue weighted by Gasteiger charge is 2.62. The Labute approximate surface area is 411 Å². The fraction of sp³-hybridized carbons (Fsp3) is 0.629. The summed E-state index contributed by atoms with van der Waals surface area (Å²) in [7, 11) is 0. The number of carbonyl (C=O) groups excluding carboxylic acids is 5. The maximum atomic E-state index is 12.4. The number of esters is 1. The molecule has 0 aromatic carbocycles. The van der Waals surface area contributed by atoms with Gasteiger partial charge < -0.3 is 9.84 Å². The molecule has 368 valence electrons. The third kappa shape index (κ3) is 7.28. The molecule has 9 saturated carbocycles. The van der Waals surface area contributed by atoms with E-state index in [1.54, 1.807) is 24.3 Å². The van der Waals surface area contributed by atoms with E-state index < -0.39 is 0 Å². The van der Waals surface area contributed by atoms with Crippen LogP contribution in [0.25, 0.3) is 0 Å². The molecule has 1 N–H and O–H groups in total. The number of allylic oxidation sites excluding steroid dienone is 15. The van der Waals surface area contributed by atoms with Gasteiger partial charge in [-0.15, -0.1) is 0 Å². The van der Waals surface area contributed by atoms with Gasteiger partial charge in [0.25, 0.3) is 0 Å². The minimum atomic E-state index is -0.159. The average molecular weight is 935 g/mol. The zero-order chi connectivity index (χ0) is 49.4. The molecule has 0 amide bonds. The van der Waals surface area contributed by atoms with Gasteiger partial charge in [-0.2, -0.15) is 0 Å². The minimum absolute atomic E-state index is 0.0389. The van der Waals surface area contributed by atoms with Crippen LogP contribution in [0.1, 0.15) is 145 Å². The third-order valence-electron chi connectivity index (χ3n) is 22.5. The number of Topliss-reactive ketones (excluding diaryl/α,β-unsaturated/α-hetero) is 1. The SMILES string of the molecule is C=C1CC2C(CC[C@@]3(C)C2CC[C@@H]3O)[C@@]2(C)C=CC(=O)C=C12.C=C1CC2C(CC[C@@]3(C)C2CC[C@@H]3OC(C)=O)[C@@]2(C)C=CC(=O)C=C12.C=C1CC2C(CC[C@]3(C)C(=O)CCC23)[C@@]2(C)C=CC(=O)C=C12. The van der Waals surface area contributed by atoms with E-state index in [1.807, 2.05) is 12.2 Å². The highest BCUT2D eigenvalue weighted by atomic mass is 16.5. The fourth-order valence-electron chi connectivity index (χ4n) is 18.7. The van der Waals surface area contributed by atoms with E-state index in [9.17, 15) is 29.1 Å². The van der Waals surface area contributed by atoms with Crippen LogP contribution in [0.3, 0.4) is 0 Å². The van der Waals surface area contributed by atoms with Crippen molar-refractivity contribution in [2.24, 2.45) is 85.8 Å². The van der Waals surface area contributed by atoms with Gasteiger partial charge in [-0.25, -0.2) is 0 Å². The molecule has 0 aliphatic heterocycles. The van der Waals surface area contributed by atoms with Crippen molar-refractivity contribution in [1.82, 2.24) is 0 Å². The van der Waals surface area contributed by atoms with E-state index in [-0.39, 0.29) is 68.0 Å². The Hall–Kier alpha value is -4.23. The predicted molar refractivity (Wildman–Crippen MR) is 270 cm³/mol. The Morgan fingerprint density at radius 2 is 0.942 bits per heavy atom. The number of ketones is 4. The molecule has 7 heteroatoms. The van der Waals surface area contributed by atoms with Crippen LogP contribution < -0.4 is 0 Å². The number of aliphatic hydroxyl groups excluding tert-OH is 1. The number of hydrogen-bond donors (Lipinski definition) is 1. The summed E-state index contributed by atoms with van der Waals surface area (Å²) < 4.78 is 5.70. The van der Waals surface area contributed by atoms with Crippen molar-refractivity contribution in [3.05, 3.63) is 108 Å². The summed E-state index contributed by atoms with van der Waals surface area (Å²) >= 11 is 0. The van der Waals surface area contributed by atoms with Crippen molar-refractivity contribution in [1.29, 1.82) is 0 Å². The zero-order valence-electron chi connectivity index (χ0n) is 42.7.